The van der Waals surface area contributed by atoms with Crippen LogP contribution in [0.15, 0.2) is 29.2 Å². The number of carbonyl (C=O) groups excluding carboxylic acids is 1. The highest BCUT2D eigenvalue weighted by atomic mass is 32.2. The van der Waals surface area contributed by atoms with E-state index in [2.05, 4.69) is 5.32 Å². The van der Waals surface area contributed by atoms with Gasteiger partial charge in [-0.3, -0.25) is 9.59 Å². The molecule has 2 rings (SSSR count). The van der Waals surface area contributed by atoms with E-state index in [0.29, 0.717) is 13.0 Å². The molecule has 0 spiro atoms. The molecular formula is C15H19NO4S. The molecule has 1 amide bonds. The van der Waals surface area contributed by atoms with Crippen molar-refractivity contribution in [2.75, 3.05) is 19.0 Å². The Morgan fingerprint density at radius 2 is 2.10 bits per heavy atom. The lowest BCUT2D eigenvalue weighted by atomic mass is 9.94. The minimum absolute atomic E-state index is 0.103. The van der Waals surface area contributed by atoms with Crippen LogP contribution in [0.5, 0.6) is 0 Å². The number of carboxylic acid groups (broad SMARTS) is 1. The molecule has 1 unspecified atom stereocenters. The number of benzene rings is 1. The second kappa shape index (κ2) is 6.95. The van der Waals surface area contributed by atoms with Crippen molar-refractivity contribution in [3.63, 3.8) is 0 Å². The Morgan fingerprint density at radius 3 is 2.67 bits per heavy atom. The Bertz CT molecular complexity index is 509. The molecule has 1 fully saturated rings. The Balaban J connectivity index is 1.87. The van der Waals surface area contributed by atoms with E-state index in [9.17, 15) is 9.59 Å². The molecule has 1 aromatic carbocycles. The van der Waals surface area contributed by atoms with Gasteiger partial charge in [0, 0.05) is 11.5 Å². The first-order chi connectivity index (χ1) is 9.99. The average Bonchev–Trinajstić information content (AvgIpc) is 2.85. The molecule has 1 aliphatic heterocycles. The molecule has 114 valence electrons. The topological polar surface area (TPSA) is 75.6 Å². The summed E-state index contributed by atoms with van der Waals surface area (Å²) in [4.78, 5) is 24.0. The first-order valence-corrected chi connectivity index (χ1v) is 7.78. The molecule has 6 heteroatoms. The van der Waals surface area contributed by atoms with Crippen molar-refractivity contribution in [2.45, 2.75) is 30.2 Å². The van der Waals surface area contributed by atoms with Crippen molar-refractivity contribution in [2.24, 2.45) is 0 Å². The van der Waals surface area contributed by atoms with E-state index >= 15 is 0 Å². The summed E-state index contributed by atoms with van der Waals surface area (Å²) in [5.74, 6) is -0.816. The molecule has 1 heterocycles. The zero-order valence-corrected chi connectivity index (χ0v) is 12.7. The quantitative estimate of drug-likeness (QED) is 0.784. The number of amides is 1. The molecular weight excluding hydrogens is 290 g/mol. The van der Waals surface area contributed by atoms with Crippen molar-refractivity contribution in [1.29, 1.82) is 0 Å². The third-order valence-electron chi connectivity index (χ3n) is 3.39. The van der Waals surface area contributed by atoms with Gasteiger partial charge < -0.3 is 15.2 Å². The van der Waals surface area contributed by atoms with Crippen LogP contribution in [0.25, 0.3) is 0 Å². The highest BCUT2D eigenvalue weighted by Crippen LogP contribution is 2.24. The van der Waals surface area contributed by atoms with E-state index in [1.54, 1.807) is 0 Å². The van der Waals surface area contributed by atoms with Crippen molar-refractivity contribution >= 4 is 23.6 Å². The first-order valence-electron chi connectivity index (χ1n) is 6.79. The van der Waals surface area contributed by atoms with Gasteiger partial charge in [0.05, 0.1) is 24.3 Å². The van der Waals surface area contributed by atoms with Crippen LogP contribution in [-0.2, 0) is 14.3 Å². The van der Waals surface area contributed by atoms with Crippen LogP contribution in [0.4, 0.5) is 0 Å². The smallest absolute Gasteiger partial charge is 0.305 e. The number of aryl methyl sites for hydroxylation is 1. The fraction of sp³-hybridized carbons (Fsp3) is 0.467. The van der Waals surface area contributed by atoms with Crippen LogP contribution >= 0.6 is 11.8 Å². The van der Waals surface area contributed by atoms with Crippen molar-refractivity contribution in [3.05, 3.63) is 29.8 Å². The number of carboxylic acids is 1. The van der Waals surface area contributed by atoms with Gasteiger partial charge in [-0.25, -0.2) is 0 Å². The maximum Gasteiger partial charge on any atom is 0.305 e. The van der Waals surface area contributed by atoms with Crippen LogP contribution < -0.4 is 5.32 Å². The number of hydrogen-bond donors (Lipinski definition) is 2. The summed E-state index contributed by atoms with van der Waals surface area (Å²) in [6.45, 7) is 2.76. The van der Waals surface area contributed by atoms with Gasteiger partial charge in [-0.2, -0.15) is 0 Å². The summed E-state index contributed by atoms with van der Waals surface area (Å²) in [5.41, 5.74) is 0.420. The maximum absolute atomic E-state index is 12.0. The Morgan fingerprint density at radius 1 is 1.38 bits per heavy atom. The number of rotatable bonds is 6. The number of nitrogens with one attached hydrogen (secondary N) is 1. The molecule has 1 atom stereocenters. The number of carbonyl (C=O) groups is 2. The highest BCUT2D eigenvalue weighted by molar-refractivity contribution is 8.00. The maximum atomic E-state index is 12.0. The zero-order valence-electron chi connectivity index (χ0n) is 11.9. The Labute approximate surface area is 128 Å². The van der Waals surface area contributed by atoms with Gasteiger partial charge in [-0.15, -0.1) is 11.8 Å². The molecule has 0 saturated carbocycles. The van der Waals surface area contributed by atoms with E-state index in [1.807, 2.05) is 31.2 Å². The monoisotopic (exact) mass is 309 g/mol. The molecule has 1 aromatic rings. The van der Waals surface area contributed by atoms with Crippen LogP contribution in [0.1, 0.15) is 18.4 Å². The highest BCUT2D eigenvalue weighted by Gasteiger charge is 2.38. The lowest BCUT2D eigenvalue weighted by Crippen LogP contribution is -2.51. The molecule has 0 radical (unpaired) electrons. The lowest BCUT2D eigenvalue weighted by Gasteiger charge is -2.26. The van der Waals surface area contributed by atoms with E-state index < -0.39 is 11.5 Å². The van der Waals surface area contributed by atoms with Crippen LogP contribution in [0.2, 0.25) is 0 Å². The van der Waals surface area contributed by atoms with Gasteiger partial charge in [0.25, 0.3) is 0 Å². The minimum Gasteiger partial charge on any atom is -0.481 e. The Kier molecular flexibility index (Phi) is 5.25. The number of hydrogen-bond acceptors (Lipinski definition) is 4. The van der Waals surface area contributed by atoms with Gasteiger partial charge in [-0.05, 0) is 25.5 Å². The summed E-state index contributed by atoms with van der Waals surface area (Å²) in [7, 11) is 0. The van der Waals surface area contributed by atoms with Crippen molar-refractivity contribution < 1.29 is 19.4 Å². The van der Waals surface area contributed by atoms with Gasteiger partial charge in [-0.1, -0.05) is 17.7 Å². The van der Waals surface area contributed by atoms with E-state index in [1.165, 1.54) is 17.3 Å². The Hall–Kier alpha value is -1.53. The van der Waals surface area contributed by atoms with Crippen LogP contribution in [0, 0.1) is 6.92 Å². The van der Waals surface area contributed by atoms with Crippen molar-refractivity contribution in [1.82, 2.24) is 5.32 Å². The molecule has 0 aromatic heterocycles. The van der Waals surface area contributed by atoms with Gasteiger partial charge in [0.2, 0.25) is 5.91 Å². The fourth-order valence-electron chi connectivity index (χ4n) is 2.29. The van der Waals surface area contributed by atoms with Gasteiger partial charge >= 0.3 is 5.97 Å². The standard InChI is InChI=1S/C15H19NO4S/c1-11-2-4-12(5-3-11)21-9-13(17)16-15(8-14(18)19)6-7-20-10-15/h2-5H,6-10H2,1H3,(H,16,17)(H,18,19). The average molecular weight is 309 g/mol. The SMILES string of the molecule is Cc1ccc(SCC(=O)NC2(CC(=O)O)CCOC2)cc1. The second-order valence-corrected chi connectivity index (χ2v) is 6.35. The molecule has 5 nitrogen and oxygen atoms in total. The molecule has 0 bridgehead atoms. The summed E-state index contributed by atoms with van der Waals surface area (Å²) in [6.07, 6.45) is 0.439. The zero-order chi connectivity index (χ0) is 15.3. The van der Waals surface area contributed by atoms with Crippen LogP contribution in [0.3, 0.4) is 0 Å². The summed E-state index contributed by atoms with van der Waals surface area (Å²) >= 11 is 1.44. The largest absolute Gasteiger partial charge is 0.481 e. The number of ether oxygens (including phenoxy) is 1. The minimum atomic E-state index is -0.924. The number of thioether (sulfide) groups is 1. The van der Waals surface area contributed by atoms with Crippen molar-refractivity contribution in [3.8, 4) is 0 Å². The summed E-state index contributed by atoms with van der Waals surface area (Å²) in [5, 5.41) is 11.8. The van der Waals surface area contributed by atoms with E-state index in [4.69, 9.17) is 9.84 Å². The third kappa shape index (κ3) is 4.75. The normalized spacial score (nSPS) is 21.2. The third-order valence-corrected chi connectivity index (χ3v) is 4.40. The number of aliphatic carboxylic acids is 1. The molecule has 21 heavy (non-hydrogen) atoms. The molecule has 0 aliphatic carbocycles. The summed E-state index contributed by atoms with van der Waals surface area (Å²) < 4.78 is 5.25. The fourth-order valence-corrected chi connectivity index (χ4v) is 2.99. The summed E-state index contributed by atoms with van der Waals surface area (Å²) in [6, 6.07) is 7.94. The van der Waals surface area contributed by atoms with Gasteiger partial charge in [0.15, 0.2) is 0 Å². The van der Waals surface area contributed by atoms with E-state index in [-0.39, 0.29) is 24.7 Å². The van der Waals surface area contributed by atoms with E-state index in [0.717, 1.165) is 4.90 Å². The molecule has 1 saturated heterocycles. The predicted molar refractivity (Wildman–Crippen MR) is 80.5 cm³/mol. The molecule has 1 aliphatic rings. The van der Waals surface area contributed by atoms with Crippen LogP contribution in [-0.4, -0.2) is 41.5 Å². The first kappa shape index (κ1) is 15.9. The molecule has 2 N–H and O–H groups in total. The van der Waals surface area contributed by atoms with Gasteiger partial charge in [0.1, 0.15) is 0 Å². The lowest BCUT2D eigenvalue weighted by molar-refractivity contribution is -0.139. The predicted octanol–water partition coefficient (Wildman–Crippen LogP) is 1.84. The second-order valence-electron chi connectivity index (χ2n) is 5.30.